The molecule has 1 saturated heterocycles. The van der Waals surface area contributed by atoms with Gasteiger partial charge in [-0.1, -0.05) is 33.6 Å². The van der Waals surface area contributed by atoms with E-state index < -0.39 is 0 Å². The van der Waals surface area contributed by atoms with Crippen molar-refractivity contribution in [2.24, 2.45) is 5.92 Å². The quantitative estimate of drug-likeness (QED) is 0.735. The van der Waals surface area contributed by atoms with E-state index in [2.05, 4.69) is 37.9 Å². The van der Waals surface area contributed by atoms with Crippen LogP contribution in [0.25, 0.3) is 0 Å². The summed E-state index contributed by atoms with van der Waals surface area (Å²) in [5, 5.41) is 3.75. The van der Waals surface area contributed by atoms with E-state index in [-0.39, 0.29) is 0 Å². The Labute approximate surface area is 108 Å². The summed E-state index contributed by atoms with van der Waals surface area (Å²) in [5.41, 5.74) is 0. The number of nitrogens with zero attached hydrogens (tertiary/aromatic N) is 1. The van der Waals surface area contributed by atoms with Gasteiger partial charge in [0.05, 0.1) is 0 Å². The van der Waals surface area contributed by atoms with Gasteiger partial charge in [0.15, 0.2) is 0 Å². The van der Waals surface area contributed by atoms with Crippen LogP contribution >= 0.6 is 0 Å². The van der Waals surface area contributed by atoms with Gasteiger partial charge in [0, 0.05) is 18.6 Å². The number of hydrogen-bond donors (Lipinski definition) is 1. The molecule has 3 unspecified atom stereocenters. The molecule has 0 radical (unpaired) electrons. The first kappa shape index (κ1) is 15.0. The lowest BCUT2D eigenvalue weighted by molar-refractivity contribution is 0.130. The minimum atomic E-state index is 0.681. The standard InChI is InChI=1S/C15H32N2/c1-5-10-16-15(13(3)6-2)12-17-11-8-7-9-14(17)4/h13-16H,5-12H2,1-4H3. The van der Waals surface area contributed by atoms with Crippen molar-refractivity contribution in [3.63, 3.8) is 0 Å². The highest BCUT2D eigenvalue weighted by atomic mass is 15.2. The van der Waals surface area contributed by atoms with E-state index >= 15 is 0 Å². The van der Waals surface area contributed by atoms with Crippen LogP contribution in [0.3, 0.4) is 0 Å². The van der Waals surface area contributed by atoms with Gasteiger partial charge in [0.25, 0.3) is 0 Å². The summed E-state index contributed by atoms with van der Waals surface area (Å²) in [7, 11) is 0. The van der Waals surface area contributed by atoms with Crippen LogP contribution in [0.2, 0.25) is 0 Å². The highest BCUT2D eigenvalue weighted by Crippen LogP contribution is 2.18. The third-order valence-corrected chi connectivity index (χ3v) is 4.36. The summed E-state index contributed by atoms with van der Waals surface area (Å²) in [6, 6.07) is 1.47. The first-order valence-corrected chi connectivity index (χ1v) is 7.66. The lowest BCUT2D eigenvalue weighted by atomic mass is 9.96. The van der Waals surface area contributed by atoms with E-state index in [1.807, 2.05) is 0 Å². The van der Waals surface area contributed by atoms with Crippen LogP contribution in [0.1, 0.15) is 59.8 Å². The highest BCUT2D eigenvalue weighted by molar-refractivity contribution is 4.81. The number of rotatable bonds is 7. The Morgan fingerprint density at radius 3 is 2.65 bits per heavy atom. The summed E-state index contributed by atoms with van der Waals surface area (Å²) in [6.07, 6.45) is 6.73. The van der Waals surface area contributed by atoms with Gasteiger partial charge in [-0.05, 0) is 45.2 Å². The molecule has 0 aromatic heterocycles. The topological polar surface area (TPSA) is 15.3 Å². The van der Waals surface area contributed by atoms with E-state index in [9.17, 15) is 0 Å². The fraction of sp³-hybridized carbons (Fsp3) is 1.00. The third-order valence-electron chi connectivity index (χ3n) is 4.36. The maximum Gasteiger partial charge on any atom is 0.0220 e. The fourth-order valence-corrected chi connectivity index (χ4v) is 2.74. The minimum Gasteiger partial charge on any atom is -0.312 e. The molecule has 102 valence electrons. The van der Waals surface area contributed by atoms with Crippen molar-refractivity contribution in [1.82, 2.24) is 10.2 Å². The average molecular weight is 240 g/mol. The van der Waals surface area contributed by atoms with Gasteiger partial charge in [0.1, 0.15) is 0 Å². The second kappa shape index (κ2) is 8.10. The monoisotopic (exact) mass is 240 g/mol. The molecule has 1 aliphatic rings. The molecule has 0 bridgehead atoms. The van der Waals surface area contributed by atoms with E-state index in [0.717, 1.165) is 18.5 Å². The van der Waals surface area contributed by atoms with Gasteiger partial charge >= 0.3 is 0 Å². The lowest BCUT2D eigenvalue weighted by Gasteiger charge is -2.38. The SMILES string of the molecule is CCCNC(CN1CCCCC1C)C(C)CC. The molecule has 1 aliphatic heterocycles. The maximum absolute atomic E-state index is 3.75. The molecule has 1 fully saturated rings. The Hall–Kier alpha value is -0.0800. The van der Waals surface area contributed by atoms with Crippen molar-refractivity contribution in [1.29, 1.82) is 0 Å². The van der Waals surface area contributed by atoms with Crippen molar-refractivity contribution >= 4 is 0 Å². The van der Waals surface area contributed by atoms with Gasteiger partial charge in [-0.15, -0.1) is 0 Å². The molecular formula is C15H32N2. The lowest BCUT2D eigenvalue weighted by Crippen LogP contribution is -2.49. The molecule has 2 heteroatoms. The van der Waals surface area contributed by atoms with Gasteiger partial charge in [-0.3, -0.25) is 4.90 Å². The first-order chi connectivity index (χ1) is 8.19. The summed E-state index contributed by atoms with van der Waals surface area (Å²) in [4.78, 5) is 2.70. The molecule has 0 spiro atoms. The van der Waals surface area contributed by atoms with Gasteiger partial charge in [-0.2, -0.15) is 0 Å². The molecule has 0 amide bonds. The predicted octanol–water partition coefficient (Wildman–Crippen LogP) is 3.28. The number of piperidine rings is 1. The first-order valence-electron chi connectivity index (χ1n) is 7.66. The second-order valence-corrected chi connectivity index (χ2v) is 5.79. The fourth-order valence-electron chi connectivity index (χ4n) is 2.74. The third kappa shape index (κ3) is 4.97. The van der Waals surface area contributed by atoms with Crippen LogP contribution in [0.5, 0.6) is 0 Å². The van der Waals surface area contributed by atoms with E-state index in [4.69, 9.17) is 0 Å². The van der Waals surface area contributed by atoms with Crippen LogP contribution in [0.4, 0.5) is 0 Å². The van der Waals surface area contributed by atoms with Crippen LogP contribution in [-0.4, -0.2) is 36.6 Å². The number of nitrogens with one attached hydrogen (secondary N) is 1. The van der Waals surface area contributed by atoms with Gasteiger partial charge in [-0.25, -0.2) is 0 Å². The molecule has 1 heterocycles. The van der Waals surface area contributed by atoms with Crippen LogP contribution in [-0.2, 0) is 0 Å². The molecule has 0 aliphatic carbocycles. The smallest absolute Gasteiger partial charge is 0.0220 e. The summed E-state index contributed by atoms with van der Waals surface area (Å²) >= 11 is 0. The molecule has 0 saturated carbocycles. The molecule has 2 nitrogen and oxygen atoms in total. The molecule has 1 rings (SSSR count). The van der Waals surface area contributed by atoms with Crippen LogP contribution < -0.4 is 5.32 Å². The van der Waals surface area contributed by atoms with Crippen molar-refractivity contribution in [2.45, 2.75) is 71.9 Å². The second-order valence-electron chi connectivity index (χ2n) is 5.79. The Kier molecular flexibility index (Phi) is 7.14. The van der Waals surface area contributed by atoms with Gasteiger partial charge < -0.3 is 5.32 Å². The average Bonchev–Trinajstić information content (AvgIpc) is 2.35. The van der Waals surface area contributed by atoms with Crippen molar-refractivity contribution < 1.29 is 0 Å². The Morgan fingerprint density at radius 2 is 2.06 bits per heavy atom. The normalized spacial score (nSPS) is 25.8. The molecule has 17 heavy (non-hydrogen) atoms. The minimum absolute atomic E-state index is 0.681. The summed E-state index contributed by atoms with van der Waals surface area (Å²) in [6.45, 7) is 13.1. The Morgan fingerprint density at radius 1 is 1.29 bits per heavy atom. The van der Waals surface area contributed by atoms with Crippen molar-refractivity contribution in [3.05, 3.63) is 0 Å². The van der Waals surface area contributed by atoms with Gasteiger partial charge in [0.2, 0.25) is 0 Å². The highest BCUT2D eigenvalue weighted by Gasteiger charge is 2.23. The van der Waals surface area contributed by atoms with Crippen LogP contribution in [0, 0.1) is 5.92 Å². The summed E-state index contributed by atoms with van der Waals surface area (Å²) < 4.78 is 0. The zero-order valence-electron chi connectivity index (χ0n) is 12.3. The van der Waals surface area contributed by atoms with E-state index in [0.29, 0.717) is 6.04 Å². The zero-order chi connectivity index (χ0) is 12.7. The number of likely N-dealkylation sites (tertiary alicyclic amines) is 1. The van der Waals surface area contributed by atoms with Crippen LogP contribution in [0.15, 0.2) is 0 Å². The van der Waals surface area contributed by atoms with Crippen molar-refractivity contribution in [2.75, 3.05) is 19.6 Å². The van der Waals surface area contributed by atoms with E-state index in [1.54, 1.807) is 0 Å². The van der Waals surface area contributed by atoms with E-state index in [1.165, 1.54) is 45.2 Å². The van der Waals surface area contributed by atoms with Crippen molar-refractivity contribution in [3.8, 4) is 0 Å². The Bertz CT molecular complexity index is 193. The maximum atomic E-state index is 3.75. The summed E-state index contributed by atoms with van der Waals surface area (Å²) in [5.74, 6) is 0.788. The molecule has 3 atom stereocenters. The largest absolute Gasteiger partial charge is 0.312 e. The molecule has 1 N–H and O–H groups in total. The zero-order valence-corrected chi connectivity index (χ0v) is 12.3. The Balaban J connectivity index is 2.45. The molecule has 0 aromatic rings. The molecular weight excluding hydrogens is 208 g/mol. The predicted molar refractivity (Wildman–Crippen MR) is 76.4 cm³/mol. The number of hydrogen-bond acceptors (Lipinski definition) is 2. The molecule has 0 aromatic carbocycles.